The average Bonchev–Trinajstić information content (AvgIpc) is 2.60. The highest BCUT2D eigenvalue weighted by Gasteiger charge is 2.24. The summed E-state index contributed by atoms with van der Waals surface area (Å²) in [6, 6.07) is 13.3. The van der Waals surface area contributed by atoms with Crippen LogP contribution in [0, 0.1) is 11.7 Å². The number of benzene rings is 2. The molecule has 0 fully saturated rings. The van der Waals surface area contributed by atoms with Gasteiger partial charge in [0.15, 0.2) is 0 Å². The molecule has 0 atom stereocenters. The van der Waals surface area contributed by atoms with Gasteiger partial charge in [-0.15, -0.1) is 0 Å². The normalized spacial score (nSPS) is 11.3. The molecule has 0 radical (unpaired) electrons. The highest BCUT2D eigenvalue weighted by atomic mass is 19.1. The van der Waals surface area contributed by atoms with Gasteiger partial charge in [-0.2, -0.15) is 0 Å². The van der Waals surface area contributed by atoms with Crippen LogP contribution in [0.3, 0.4) is 0 Å². The van der Waals surface area contributed by atoms with Gasteiger partial charge in [-0.05, 0) is 35.9 Å². The van der Waals surface area contributed by atoms with Gasteiger partial charge in [0.25, 0.3) is 5.91 Å². The van der Waals surface area contributed by atoms with Crippen LogP contribution in [0.4, 0.5) is 10.1 Å². The molecule has 2 aromatic carbocycles. The maximum Gasteiger partial charge on any atom is 0.251 e. The van der Waals surface area contributed by atoms with E-state index in [4.69, 9.17) is 0 Å². The van der Waals surface area contributed by atoms with Crippen LogP contribution in [0.25, 0.3) is 0 Å². The second-order valence-electron chi connectivity index (χ2n) is 7.27. The molecule has 4 nitrogen and oxygen atoms in total. The number of nitrogens with one attached hydrogen (secondary N) is 2. The molecule has 0 saturated carbocycles. The van der Waals surface area contributed by atoms with Crippen molar-refractivity contribution in [2.75, 3.05) is 11.9 Å². The molecule has 2 N–H and O–H groups in total. The van der Waals surface area contributed by atoms with E-state index in [1.54, 1.807) is 42.5 Å². The molecule has 138 valence electrons. The molecule has 0 aromatic heterocycles. The van der Waals surface area contributed by atoms with Crippen molar-refractivity contribution in [3.05, 3.63) is 65.5 Å². The van der Waals surface area contributed by atoms with Crippen LogP contribution < -0.4 is 10.6 Å². The van der Waals surface area contributed by atoms with Crippen molar-refractivity contribution in [1.82, 2.24) is 5.32 Å². The first-order valence-electron chi connectivity index (χ1n) is 8.65. The molecule has 2 aromatic rings. The number of carbonyl (C=O) groups is 2. The Morgan fingerprint density at radius 3 is 2.23 bits per heavy atom. The standard InChI is InChI=1S/C21H25FN2O2/c1-14(2)19(25)24-16-11-9-15(10-12-16)20(26)23-13-21(3,4)17-7-5-6-8-18(17)22/h5-12,14H,13H2,1-4H3,(H,23,26)(H,24,25). The highest BCUT2D eigenvalue weighted by Crippen LogP contribution is 2.25. The van der Waals surface area contributed by atoms with Gasteiger partial charge in [-0.1, -0.05) is 45.9 Å². The van der Waals surface area contributed by atoms with Gasteiger partial charge in [0.2, 0.25) is 5.91 Å². The molecule has 2 amide bonds. The third kappa shape index (κ3) is 4.91. The molecule has 0 spiro atoms. The van der Waals surface area contributed by atoms with Crippen molar-refractivity contribution in [2.45, 2.75) is 33.1 Å². The van der Waals surface area contributed by atoms with Crippen LogP contribution in [-0.4, -0.2) is 18.4 Å². The molecule has 26 heavy (non-hydrogen) atoms. The summed E-state index contributed by atoms with van der Waals surface area (Å²) in [5.41, 5.74) is 1.16. The van der Waals surface area contributed by atoms with E-state index in [1.165, 1.54) is 6.07 Å². The second kappa shape index (κ2) is 8.13. The van der Waals surface area contributed by atoms with Crippen LogP contribution in [0.5, 0.6) is 0 Å². The van der Waals surface area contributed by atoms with Crippen LogP contribution in [0.2, 0.25) is 0 Å². The van der Waals surface area contributed by atoms with Crippen molar-refractivity contribution < 1.29 is 14.0 Å². The lowest BCUT2D eigenvalue weighted by atomic mass is 9.84. The van der Waals surface area contributed by atoms with Gasteiger partial charge >= 0.3 is 0 Å². The summed E-state index contributed by atoms with van der Waals surface area (Å²) >= 11 is 0. The third-order valence-electron chi connectivity index (χ3n) is 4.23. The van der Waals surface area contributed by atoms with Crippen molar-refractivity contribution in [2.24, 2.45) is 5.92 Å². The Hall–Kier alpha value is -2.69. The highest BCUT2D eigenvalue weighted by molar-refractivity contribution is 5.96. The fourth-order valence-corrected chi connectivity index (χ4v) is 2.50. The van der Waals surface area contributed by atoms with Crippen molar-refractivity contribution in [3.8, 4) is 0 Å². The second-order valence-corrected chi connectivity index (χ2v) is 7.27. The number of hydrogen-bond acceptors (Lipinski definition) is 2. The summed E-state index contributed by atoms with van der Waals surface area (Å²) < 4.78 is 14.0. The van der Waals surface area contributed by atoms with Crippen molar-refractivity contribution in [1.29, 1.82) is 0 Å². The SMILES string of the molecule is CC(C)C(=O)Nc1ccc(C(=O)NCC(C)(C)c2ccccc2F)cc1. The number of carbonyl (C=O) groups excluding carboxylic acids is 2. The summed E-state index contributed by atoms with van der Waals surface area (Å²) in [6.07, 6.45) is 0. The molecule has 0 heterocycles. The van der Waals surface area contributed by atoms with E-state index in [9.17, 15) is 14.0 Å². The summed E-state index contributed by atoms with van der Waals surface area (Å²) in [7, 11) is 0. The molecule has 0 aliphatic carbocycles. The monoisotopic (exact) mass is 356 g/mol. The minimum absolute atomic E-state index is 0.0751. The first-order valence-corrected chi connectivity index (χ1v) is 8.65. The Balaban J connectivity index is 1.99. The molecular weight excluding hydrogens is 331 g/mol. The van der Waals surface area contributed by atoms with Crippen LogP contribution in [0.1, 0.15) is 43.6 Å². The largest absolute Gasteiger partial charge is 0.351 e. The molecule has 0 saturated heterocycles. The lowest BCUT2D eigenvalue weighted by Crippen LogP contribution is -2.37. The number of amides is 2. The molecule has 0 unspecified atom stereocenters. The predicted molar refractivity (Wildman–Crippen MR) is 102 cm³/mol. The van der Waals surface area contributed by atoms with E-state index in [0.717, 1.165) is 0 Å². The Bertz CT molecular complexity index is 783. The number of hydrogen-bond donors (Lipinski definition) is 2. The van der Waals surface area contributed by atoms with Gasteiger partial charge in [0, 0.05) is 29.1 Å². The van der Waals surface area contributed by atoms with Crippen molar-refractivity contribution >= 4 is 17.5 Å². The topological polar surface area (TPSA) is 58.2 Å². The fraction of sp³-hybridized carbons (Fsp3) is 0.333. The van der Waals surface area contributed by atoms with E-state index in [2.05, 4.69) is 10.6 Å². The van der Waals surface area contributed by atoms with Crippen molar-refractivity contribution in [3.63, 3.8) is 0 Å². The van der Waals surface area contributed by atoms with E-state index in [0.29, 0.717) is 23.4 Å². The molecule has 0 bridgehead atoms. The zero-order valence-electron chi connectivity index (χ0n) is 15.6. The number of rotatable bonds is 6. The molecule has 5 heteroatoms. The third-order valence-corrected chi connectivity index (χ3v) is 4.23. The summed E-state index contributed by atoms with van der Waals surface area (Å²) in [4.78, 5) is 24.0. The molecule has 0 aliphatic rings. The lowest BCUT2D eigenvalue weighted by molar-refractivity contribution is -0.118. The number of anilines is 1. The van der Waals surface area contributed by atoms with E-state index in [1.807, 2.05) is 27.7 Å². The smallest absolute Gasteiger partial charge is 0.251 e. The fourth-order valence-electron chi connectivity index (χ4n) is 2.50. The first-order chi connectivity index (χ1) is 12.2. The first kappa shape index (κ1) is 19.6. The van der Waals surface area contributed by atoms with E-state index >= 15 is 0 Å². The van der Waals surface area contributed by atoms with Crippen LogP contribution in [-0.2, 0) is 10.2 Å². The summed E-state index contributed by atoms with van der Waals surface area (Å²) in [5.74, 6) is -0.708. The minimum atomic E-state index is -0.536. The van der Waals surface area contributed by atoms with Crippen LogP contribution in [0.15, 0.2) is 48.5 Å². The van der Waals surface area contributed by atoms with Gasteiger partial charge in [0.1, 0.15) is 5.82 Å². The molecular formula is C21H25FN2O2. The summed E-state index contributed by atoms with van der Waals surface area (Å²) in [5, 5.41) is 5.63. The Labute approximate surface area is 153 Å². The zero-order valence-corrected chi connectivity index (χ0v) is 15.6. The maximum absolute atomic E-state index is 14.0. The zero-order chi connectivity index (χ0) is 19.3. The maximum atomic E-state index is 14.0. The van der Waals surface area contributed by atoms with Gasteiger partial charge in [0.05, 0.1) is 0 Å². The van der Waals surface area contributed by atoms with Gasteiger partial charge in [-0.25, -0.2) is 4.39 Å². The van der Waals surface area contributed by atoms with Gasteiger partial charge in [-0.3, -0.25) is 9.59 Å². The quantitative estimate of drug-likeness (QED) is 0.818. The van der Waals surface area contributed by atoms with E-state index < -0.39 is 5.41 Å². The average molecular weight is 356 g/mol. The van der Waals surface area contributed by atoms with Crippen LogP contribution >= 0.6 is 0 Å². The minimum Gasteiger partial charge on any atom is -0.351 e. The Morgan fingerprint density at radius 2 is 1.65 bits per heavy atom. The molecule has 0 aliphatic heterocycles. The number of halogens is 1. The Morgan fingerprint density at radius 1 is 1.04 bits per heavy atom. The Kier molecular flexibility index (Phi) is 6.14. The summed E-state index contributed by atoms with van der Waals surface area (Å²) in [6.45, 7) is 7.70. The predicted octanol–water partition coefficient (Wildman–Crippen LogP) is 4.13. The van der Waals surface area contributed by atoms with E-state index in [-0.39, 0.29) is 23.5 Å². The molecule has 2 rings (SSSR count). The van der Waals surface area contributed by atoms with Gasteiger partial charge < -0.3 is 10.6 Å². The lowest BCUT2D eigenvalue weighted by Gasteiger charge is -2.26.